The van der Waals surface area contributed by atoms with Crippen LogP contribution in [0.5, 0.6) is 5.75 Å². The molecule has 0 unspecified atom stereocenters. The minimum absolute atomic E-state index is 0.0697. The number of amides is 2. The lowest BCUT2D eigenvalue weighted by Crippen LogP contribution is -2.63. The molecule has 4 rings (SSSR count). The lowest BCUT2D eigenvalue weighted by Gasteiger charge is -2.48. The van der Waals surface area contributed by atoms with Crippen molar-refractivity contribution in [3.63, 3.8) is 0 Å². The Morgan fingerprint density at radius 2 is 2.09 bits per heavy atom. The highest BCUT2D eigenvalue weighted by Crippen LogP contribution is 2.29. The second-order valence-electron chi connectivity index (χ2n) is 7.59. The van der Waals surface area contributed by atoms with Crippen LogP contribution in [0.3, 0.4) is 0 Å². The molecule has 1 atom stereocenters. The van der Waals surface area contributed by atoms with Gasteiger partial charge in [-0.3, -0.25) is 29.1 Å². The van der Waals surface area contributed by atoms with Crippen molar-refractivity contribution in [3.05, 3.63) is 57.3 Å². The maximum Gasteiger partial charge on any atom is 0.278 e. The van der Waals surface area contributed by atoms with Gasteiger partial charge in [0.25, 0.3) is 11.8 Å². The van der Waals surface area contributed by atoms with Crippen molar-refractivity contribution >= 4 is 11.8 Å². The summed E-state index contributed by atoms with van der Waals surface area (Å²) < 4.78 is 33.7. The third-order valence-electron chi connectivity index (χ3n) is 5.78. The zero-order chi connectivity index (χ0) is 23.0. The maximum absolute atomic E-state index is 13.8. The van der Waals surface area contributed by atoms with Crippen molar-refractivity contribution in [2.24, 2.45) is 0 Å². The highest BCUT2D eigenvalue weighted by atomic mass is 19.1. The lowest BCUT2D eigenvalue weighted by molar-refractivity contribution is 0.0534. The number of rotatable bonds is 5. The number of nitrogens with zero attached hydrogens (tertiary/aromatic N) is 4. The molecular formula is C21H23F2N5O4. The summed E-state index contributed by atoms with van der Waals surface area (Å²) in [6, 6.07) is 0.660. The van der Waals surface area contributed by atoms with E-state index in [4.69, 9.17) is 4.74 Å². The van der Waals surface area contributed by atoms with Gasteiger partial charge in [0.2, 0.25) is 5.43 Å². The van der Waals surface area contributed by atoms with Gasteiger partial charge in [-0.2, -0.15) is 0 Å². The van der Waals surface area contributed by atoms with Gasteiger partial charge in [-0.1, -0.05) is 0 Å². The summed E-state index contributed by atoms with van der Waals surface area (Å²) in [5.74, 6) is -3.10. The maximum atomic E-state index is 13.8. The number of methoxy groups -OCH3 is 1. The monoisotopic (exact) mass is 447 g/mol. The van der Waals surface area contributed by atoms with E-state index < -0.39 is 23.0 Å². The van der Waals surface area contributed by atoms with Gasteiger partial charge in [-0.15, -0.1) is 0 Å². The first-order valence-corrected chi connectivity index (χ1v) is 10.4. The number of piperidine rings is 1. The molecule has 2 amide bonds. The lowest BCUT2D eigenvalue weighted by atomic mass is 10.1. The third-order valence-corrected chi connectivity index (χ3v) is 5.78. The number of hydrogen-bond donors (Lipinski definition) is 1. The van der Waals surface area contributed by atoms with E-state index in [1.54, 1.807) is 4.90 Å². The first-order chi connectivity index (χ1) is 15.4. The highest BCUT2D eigenvalue weighted by Gasteiger charge is 2.41. The van der Waals surface area contributed by atoms with Crippen molar-refractivity contribution in [1.29, 1.82) is 0 Å². The zero-order valence-corrected chi connectivity index (χ0v) is 17.7. The van der Waals surface area contributed by atoms with Gasteiger partial charge in [-0.25, -0.2) is 8.78 Å². The Morgan fingerprint density at radius 3 is 2.78 bits per heavy atom. The number of nitrogens with one attached hydrogen (secondary N) is 1. The standard InChI is InChI=1S/C21H23F2N5O4/c1-3-26-16-6-4-5-7-27(16)28-11-13(18(29)19(32-2)17(28)21(26)31)20(30)25-10-15-14(23)8-12(22)9-24-15/h8-9,11,16H,3-7,10H2,1-2H3,(H,25,30)/t16-/m0/s1. The van der Waals surface area contributed by atoms with Crippen molar-refractivity contribution in [2.75, 3.05) is 25.2 Å². The Balaban J connectivity index is 1.72. The van der Waals surface area contributed by atoms with Gasteiger partial charge in [0.15, 0.2) is 11.4 Å². The molecule has 0 spiro atoms. The van der Waals surface area contributed by atoms with Gasteiger partial charge in [-0.05, 0) is 26.2 Å². The number of aromatic nitrogens is 2. The first kappa shape index (κ1) is 21.7. The Kier molecular flexibility index (Phi) is 5.81. The van der Waals surface area contributed by atoms with Gasteiger partial charge in [0.1, 0.15) is 23.4 Å². The van der Waals surface area contributed by atoms with Crippen LogP contribution in [0.2, 0.25) is 0 Å². The van der Waals surface area contributed by atoms with Crippen LogP contribution in [-0.4, -0.2) is 52.7 Å². The zero-order valence-electron chi connectivity index (χ0n) is 17.7. The molecule has 1 N–H and O–H groups in total. The van der Waals surface area contributed by atoms with Crippen LogP contribution in [0.4, 0.5) is 8.78 Å². The molecule has 11 heteroatoms. The molecular weight excluding hydrogens is 424 g/mol. The molecule has 2 aliphatic rings. The SMILES string of the molecule is CCN1C(=O)c2c(OC)c(=O)c(C(=O)NCc3ncc(F)cc3F)cn2N2CCCC[C@@H]12. The third kappa shape index (κ3) is 3.57. The van der Waals surface area contributed by atoms with E-state index in [-0.39, 0.29) is 41.3 Å². The van der Waals surface area contributed by atoms with Gasteiger partial charge in [0, 0.05) is 25.4 Å². The summed E-state index contributed by atoms with van der Waals surface area (Å²) in [5.41, 5.74) is -1.10. The van der Waals surface area contributed by atoms with E-state index in [1.165, 1.54) is 18.0 Å². The molecule has 0 radical (unpaired) electrons. The van der Waals surface area contributed by atoms with E-state index in [1.807, 2.05) is 11.9 Å². The van der Waals surface area contributed by atoms with Crippen LogP contribution in [0.25, 0.3) is 0 Å². The number of hydrogen-bond acceptors (Lipinski definition) is 6. The summed E-state index contributed by atoms with van der Waals surface area (Å²) in [5, 5.41) is 4.38. The number of fused-ring (bicyclic) bond motifs is 3. The minimum Gasteiger partial charge on any atom is -0.491 e. The molecule has 2 aromatic rings. The average molecular weight is 447 g/mol. The average Bonchev–Trinajstić information content (AvgIpc) is 2.78. The quantitative estimate of drug-likeness (QED) is 0.744. The highest BCUT2D eigenvalue weighted by molar-refractivity contribution is 5.99. The topological polar surface area (TPSA) is 96.8 Å². The fraction of sp³-hybridized carbons (Fsp3) is 0.429. The van der Waals surface area contributed by atoms with E-state index in [2.05, 4.69) is 10.3 Å². The summed E-state index contributed by atoms with van der Waals surface area (Å²) in [7, 11) is 1.27. The molecule has 0 aromatic carbocycles. The molecule has 1 saturated heterocycles. The number of carbonyl (C=O) groups excluding carboxylic acids is 2. The van der Waals surface area contributed by atoms with Gasteiger partial charge in [0.05, 0.1) is 25.5 Å². The molecule has 32 heavy (non-hydrogen) atoms. The molecule has 1 fully saturated rings. The number of carbonyl (C=O) groups is 2. The largest absolute Gasteiger partial charge is 0.491 e. The van der Waals surface area contributed by atoms with Crippen LogP contribution in [-0.2, 0) is 6.54 Å². The van der Waals surface area contributed by atoms with Crippen molar-refractivity contribution < 1.29 is 23.1 Å². The van der Waals surface area contributed by atoms with Crippen molar-refractivity contribution in [3.8, 4) is 5.75 Å². The molecule has 9 nitrogen and oxygen atoms in total. The normalized spacial score (nSPS) is 17.6. The van der Waals surface area contributed by atoms with Crippen LogP contribution in [0.1, 0.15) is 52.7 Å². The van der Waals surface area contributed by atoms with Crippen molar-refractivity contribution in [2.45, 2.75) is 38.9 Å². The molecule has 0 saturated carbocycles. The Morgan fingerprint density at radius 1 is 1.31 bits per heavy atom. The molecule has 2 aromatic heterocycles. The number of pyridine rings is 2. The predicted molar refractivity (Wildman–Crippen MR) is 110 cm³/mol. The summed E-state index contributed by atoms with van der Waals surface area (Å²) in [6.07, 6.45) is 4.60. The van der Waals surface area contributed by atoms with Gasteiger partial charge < -0.3 is 15.0 Å². The van der Waals surface area contributed by atoms with E-state index >= 15 is 0 Å². The Bertz CT molecular complexity index is 1140. The molecule has 4 heterocycles. The second kappa shape index (κ2) is 8.56. The van der Waals surface area contributed by atoms with Crippen LogP contribution < -0.4 is 20.5 Å². The van der Waals surface area contributed by atoms with Gasteiger partial charge >= 0.3 is 0 Å². The Hall–Kier alpha value is -3.50. The van der Waals surface area contributed by atoms with Crippen molar-refractivity contribution in [1.82, 2.24) is 19.9 Å². The van der Waals surface area contributed by atoms with E-state index in [0.29, 0.717) is 19.2 Å². The summed E-state index contributed by atoms with van der Waals surface area (Å²) in [6.45, 7) is 2.63. The molecule has 0 aliphatic carbocycles. The molecule has 0 bridgehead atoms. The van der Waals surface area contributed by atoms with Crippen LogP contribution >= 0.6 is 0 Å². The van der Waals surface area contributed by atoms with Crippen LogP contribution in [0.15, 0.2) is 23.3 Å². The predicted octanol–water partition coefficient (Wildman–Crippen LogP) is 1.38. The summed E-state index contributed by atoms with van der Waals surface area (Å²) in [4.78, 5) is 44.3. The van der Waals surface area contributed by atoms with Crippen LogP contribution in [0, 0.1) is 11.6 Å². The second-order valence-corrected chi connectivity index (χ2v) is 7.59. The fourth-order valence-corrected chi connectivity index (χ4v) is 4.25. The molecule has 2 aliphatic heterocycles. The first-order valence-electron chi connectivity index (χ1n) is 10.4. The molecule has 170 valence electrons. The number of ether oxygens (including phenoxy) is 1. The smallest absolute Gasteiger partial charge is 0.278 e. The van der Waals surface area contributed by atoms with E-state index in [0.717, 1.165) is 25.5 Å². The number of halogens is 2. The minimum atomic E-state index is -0.911. The summed E-state index contributed by atoms with van der Waals surface area (Å²) >= 11 is 0. The fourth-order valence-electron chi connectivity index (χ4n) is 4.25. The van der Waals surface area contributed by atoms with E-state index in [9.17, 15) is 23.2 Å². The Labute approximate surface area is 182 Å².